The molecule has 2 nitrogen and oxygen atoms in total. The summed E-state index contributed by atoms with van der Waals surface area (Å²) in [5.74, 6) is 0. The van der Waals surface area contributed by atoms with Crippen LogP contribution in [0.2, 0.25) is 0 Å². The molecule has 0 saturated heterocycles. The predicted molar refractivity (Wildman–Crippen MR) is 270 cm³/mol. The number of allylic oxidation sites excluding steroid dienone is 8. The van der Waals surface area contributed by atoms with E-state index in [1.807, 2.05) is 0 Å². The molecular weight excluding hydrogens is 761 g/mol. The predicted octanol–water partition coefficient (Wildman–Crippen LogP) is 15.7. The van der Waals surface area contributed by atoms with Gasteiger partial charge in [0.05, 0.1) is 5.41 Å². The van der Waals surface area contributed by atoms with Crippen LogP contribution in [-0.2, 0) is 37.5 Å². The van der Waals surface area contributed by atoms with Crippen LogP contribution in [0.15, 0.2) is 194 Å². The Morgan fingerprint density at radius 1 is 0.540 bits per heavy atom. The molecule has 0 radical (unpaired) electrons. The summed E-state index contributed by atoms with van der Waals surface area (Å²) in [5, 5.41) is 0. The van der Waals surface area contributed by atoms with Crippen molar-refractivity contribution in [2.45, 2.75) is 85.0 Å². The van der Waals surface area contributed by atoms with E-state index < -0.39 is 5.41 Å². The van der Waals surface area contributed by atoms with Crippen molar-refractivity contribution in [3.63, 3.8) is 0 Å². The van der Waals surface area contributed by atoms with Gasteiger partial charge in [0.1, 0.15) is 0 Å². The second-order valence-corrected chi connectivity index (χ2v) is 17.6. The maximum atomic E-state index is 4.86. The number of fused-ring (bicyclic) bond motifs is 2. The van der Waals surface area contributed by atoms with E-state index in [0.717, 1.165) is 95.8 Å². The number of hydrogen-bond donors (Lipinski definition) is 0. The highest BCUT2D eigenvalue weighted by atomic mass is 15.2. The lowest BCUT2D eigenvalue weighted by Crippen LogP contribution is -2.32. The number of rotatable bonds is 11. The van der Waals surface area contributed by atoms with Gasteiger partial charge < -0.3 is 9.80 Å². The minimum atomic E-state index is -0.760. The molecule has 6 aromatic rings. The number of para-hydroxylation sites is 1. The van der Waals surface area contributed by atoms with E-state index in [1.54, 1.807) is 0 Å². The average molecular weight is 821 g/mol. The fraction of sp³-hybridized carbons (Fsp3) is 0.213. The Bertz CT molecular complexity index is 2790. The summed E-state index contributed by atoms with van der Waals surface area (Å²) in [6, 6.07) is 48.5. The van der Waals surface area contributed by atoms with Gasteiger partial charge in [-0.25, -0.2) is 0 Å². The molecule has 0 bridgehead atoms. The van der Waals surface area contributed by atoms with Gasteiger partial charge in [0.25, 0.3) is 0 Å². The van der Waals surface area contributed by atoms with Crippen molar-refractivity contribution < 1.29 is 0 Å². The third kappa shape index (κ3) is 7.89. The van der Waals surface area contributed by atoms with Crippen LogP contribution in [0.1, 0.15) is 94.8 Å². The van der Waals surface area contributed by atoms with Gasteiger partial charge >= 0.3 is 0 Å². The third-order valence-corrected chi connectivity index (χ3v) is 13.7. The second kappa shape index (κ2) is 17.6. The Labute approximate surface area is 376 Å². The number of anilines is 4. The Morgan fingerprint density at radius 3 is 1.78 bits per heavy atom. The molecule has 0 aliphatic heterocycles. The highest BCUT2D eigenvalue weighted by Gasteiger charge is 2.40. The van der Waals surface area contributed by atoms with E-state index in [9.17, 15) is 0 Å². The summed E-state index contributed by atoms with van der Waals surface area (Å²) in [4.78, 5) is 4.88. The normalized spacial score (nSPS) is 16.6. The SMILES string of the molecule is C=C1C=C(N(c2ccc(CC)cc2)c2ccc3c(c2)C(c2ccc(CC)c(C)c2)(c2ccc(CC)c(C)c2)/C=C(N(c2ccccc2)c2ccc4c(c2)CC4)\C=C/C3=C)C=CCC1. The van der Waals surface area contributed by atoms with Gasteiger partial charge in [-0.2, -0.15) is 0 Å². The van der Waals surface area contributed by atoms with Crippen LogP contribution in [0.4, 0.5) is 22.7 Å². The standard InChI is InChI=1S/C61H60N2/c1-8-46-21-31-54(32-22-46)62(55-19-15-14-16-42(4)36-55)57-34-35-59-43(5)20-30-58(63(53-17-12-11-13-18-53)56-33-27-49-23-24-50(49)39-56)41-61(60(59)40-57,51-28-25-47(9-2)44(6)37-51)52-29-26-48(10-3)45(7)38-52/h11-13,15,17-22,25-41H,4-5,8-10,14,16,23-24H2,1-3,6-7H3/b30-20-,58-41+. The van der Waals surface area contributed by atoms with E-state index in [1.165, 1.54) is 55.6 Å². The minimum absolute atomic E-state index is 0.760. The minimum Gasteiger partial charge on any atom is -0.311 e. The molecule has 0 saturated carbocycles. The van der Waals surface area contributed by atoms with Crippen molar-refractivity contribution in [1.82, 2.24) is 0 Å². The second-order valence-electron chi connectivity index (χ2n) is 17.6. The molecule has 9 rings (SSSR count). The third-order valence-electron chi connectivity index (χ3n) is 13.7. The number of hydrogen-bond acceptors (Lipinski definition) is 2. The first-order chi connectivity index (χ1) is 30.7. The Balaban J connectivity index is 1.41. The van der Waals surface area contributed by atoms with Crippen molar-refractivity contribution in [3.05, 3.63) is 255 Å². The lowest BCUT2D eigenvalue weighted by atomic mass is 9.65. The van der Waals surface area contributed by atoms with E-state index in [2.05, 4.69) is 215 Å². The first kappa shape index (κ1) is 41.7. The largest absolute Gasteiger partial charge is 0.311 e. The number of nitrogens with zero attached hydrogens (tertiary/aromatic N) is 2. The summed E-state index contributed by atoms with van der Waals surface area (Å²) < 4.78 is 0. The van der Waals surface area contributed by atoms with Crippen molar-refractivity contribution in [1.29, 1.82) is 0 Å². The Hall–Kier alpha value is -6.64. The Morgan fingerprint density at radius 2 is 1.16 bits per heavy atom. The van der Waals surface area contributed by atoms with E-state index in [0.29, 0.717) is 0 Å². The van der Waals surface area contributed by atoms with E-state index in [4.69, 9.17) is 6.58 Å². The zero-order chi connectivity index (χ0) is 43.7. The number of aryl methyl sites for hydroxylation is 7. The summed E-state index contributed by atoms with van der Waals surface area (Å²) in [6.45, 7) is 20.6. The van der Waals surface area contributed by atoms with E-state index >= 15 is 0 Å². The van der Waals surface area contributed by atoms with Gasteiger partial charge in [-0.3, -0.25) is 0 Å². The lowest BCUT2D eigenvalue weighted by Gasteiger charge is -2.40. The van der Waals surface area contributed by atoms with Crippen molar-refractivity contribution in [2.75, 3.05) is 9.80 Å². The monoisotopic (exact) mass is 820 g/mol. The molecule has 0 N–H and O–H groups in total. The first-order valence-electron chi connectivity index (χ1n) is 23.1. The molecule has 0 fully saturated rings. The van der Waals surface area contributed by atoms with Crippen molar-refractivity contribution in [3.8, 4) is 0 Å². The molecule has 3 aliphatic carbocycles. The molecule has 0 atom stereocenters. The van der Waals surface area contributed by atoms with Crippen LogP contribution in [0, 0.1) is 13.8 Å². The molecule has 0 spiro atoms. The molecule has 0 unspecified atom stereocenters. The summed E-state index contributed by atoms with van der Waals surface area (Å²) >= 11 is 0. The lowest BCUT2D eigenvalue weighted by molar-refractivity contribution is 0.761. The fourth-order valence-corrected chi connectivity index (χ4v) is 9.97. The molecule has 0 heterocycles. The molecule has 63 heavy (non-hydrogen) atoms. The Kier molecular flexibility index (Phi) is 11.7. The maximum Gasteiger partial charge on any atom is 0.0662 e. The molecule has 6 aromatic carbocycles. The van der Waals surface area contributed by atoms with E-state index in [-0.39, 0.29) is 0 Å². The molecule has 0 aromatic heterocycles. The number of benzene rings is 6. The molecule has 2 heteroatoms. The highest BCUT2D eigenvalue weighted by molar-refractivity contribution is 5.84. The van der Waals surface area contributed by atoms with Gasteiger partial charge in [0, 0.05) is 34.1 Å². The molecule has 3 aliphatic rings. The smallest absolute Gasteiger partial charge is 0.0662 e. The quantitative estimate of drug-likeness (QED) is 0.128. The summed E-state index contributed by atoms with van der Waals surface area (Å²) in [5.41, 5.74) is 22.3. The van der Waals surface area contributed by atoms with Crippen LogP contribution in [0.3, 0.4) is 0 Å². The topological polar surface area (TPSA) is 6.48 Å². The molecule has 0 amide bonds. The zero-order valence-electron chi connectivity index (χ0n) is 37.8. The zero-order valence-corrected chi connectivity index (χ0v) is 37.8. The summed E-state index contributed by atoms with van der Waals surface area (Å²) in [7, 11) is 0. The van der Waals surface area contributed by atoms with Crippen molar-refractivity contribution in [2.24, 2.45) is 0 Å². The van der Waals surface area contributed by atoms with Crippen LogP contribution >= 0.6 is 0 Å². The maximum absolute atomic E-state index is 4.86. The van der Waals surface area contributed by atoms with Crippen LogP contribution in [0.25, 0.3) is 5.57 Å². The first-order valence-corrected chi connectivity index (χ1v) is 23.1. The van der Waals surface area contributed by atoms with Crippen LogP contribution < -0.4 is 9.80 Å². The molecule has 314 valence electrons. The van der Waals surface area contributed by atoms with Crippen LogP contribution in [-0.4, -0.2) is 0 Å². The average Bonchev–Trinajstić information content (AvgIpc) is 3.51. The van der Waals surface area contributed by atoms with Gasteiger partial charge in [0.15, 0.2) is 0 Å². The van der Waals surface area contributed by atoms with Crippen LogP contribution in [0.5, 0.6) is 0 Å². The van der Waals surface area contributed by atoms with Gasteiger partial charge in [0.2, 0.25) is 0 Å². The van der Waals surface area contributed by atoms with Gasteiger partial charge in [-0.15, -0.1) is 0 Å². The van der Waals surface area contributed by atoms with Crippen molar-refractivity contribution >= 4 is 28.3 Å². The van der Waals surface area contributed by atoms with Gasteiger partial charge in [-0.05, 0) is 198 Å². The highest BCUT2D eigenvalue weighted by Crippen LogP contribution is 2.50. The van der Waals surface area contributed by atoms with Gasteiger partial charge in [-0.1, -0.05) is 131 Å². The fourth-order valence-electron chi connectivity index (χ4n) is 9.97. The summed E-state index contributed by atoms with van der Waals surface area (Å²) in [6.07, 6.45) is 21.0. The molecular formula is C61H60N2.